The first-order chi connectivity index (χ1) is 13.5. The number of carbonyl (C=O) groups is 2. The third-order valence-electron chi connectivity index (χ3n) is 4.37. The smallest absolute Gasteiger partial charge is 0.319 e. The van der Waals surface area contributed by atoms with E-state index in [0.29, 0.717) is 40.6 Å². The third kappa shape index (κ3) is 4.09. The lowest BCUT2D eigenvalue weighted by molar-refractivity contribution is -0.113. The van der Waals surface area contributed by atoms with E-state index in [4.69, 9.17) is 9.47 Å². The largest absolute Gasteiger partial charge is 0.493 e. The van der Waals surface area contributed by atoms with Crippen molar-refractivity contribution in [3.63, 3.8) is 0 Å². The minimum Gasteiger partial charge on any atom is -0.493 e. The summed E-state index contributed by atoms with van der Waals surface area (Å²) in [5.41, 5.74) is 2.31. The molecule has 0 aliphatic carbocycles. The molecule has 1 aliphatic heterocycles. The zero-order valence-electron chi connectivity index (χ0n) is 16.0. The maximum atomic E-state index is 13.0. The molecule has 0 bridgehead atoms. The van der Waals surface area contributed by atoms with Gasteiger partial charge in [0.05, 0.1) is 25.3 Å². The van der Waals surface area contributed by atoms with Gasteiger partial charge in [0.15, 0.2) is 11.5 Å². The lowest BCUT2D eigenvalue weighted by atomic mass is 9.94. The Balaban J connectivity index is 1.96. The van der Waals surface area contributed by atoms with Crippen molar-refractivity contribution in [1.29, 1.82) is 0 Å². The summed E-state index contributed by atoms with van der Waals surface area (Å²) in [6.45, 7) is 4.10. The van der Waals surface area contributed by atoms with E-state index in [9.17, 15) is 9.59 Å². The summed E-state index contributed by atoms with van der Waals surface area (Å²) in [7, 11) is 1.55. The van der Waals surface area contributed by atoms with Crippen LogP contribution in [0.3, 0.4) is 0 Å². The molecule has 146 valence electrons. The normalized spacial score (nSPS) is 16.1. The molecule has 2 aromatic carbocycles. The molecule has 0 spiro atoms. The van der Waals surface area contributed by atoms with Gasteiger partial charge < -0.3 is 25.4 Å². The summed E-state index contributed by atoms with van der Waals surface area (Å²) in [5, 5.41) is 8.36. The number of rotatable bonds is 6. The first kappa shape index (κ1) is 19.3. The number of urea groups is 1. The monoisotopic (exact) mass is 381 g/mol. The average molecular weight is 381 g/mol. The molecule has 1 atom stereocenters. The molecule has 0 unspecified atom stereocenters. The molecule has 3 rings (SSSR count). The van der Waals surface area contributed by atoms with Crippen molar-refractivity contribution in [2.24, 2.45) is 0 Å². The Bertz CT molecular complexity index is 909. The van der Waals surface area contributed by atoms with Gasteiger partial charge in [-0.15, -0.1) is 0 Å². The Hall–Kier alpha value is -3.48. The molecular formula is C21H23N3O4. The van der Waals surface area contributed by atoms with Crippen LogP contribution in [0.1, 0.15) is 25.5 Å². The molecule has 7 nitrogen and oxygen atoms in total. The number of amides is 3. The number of benzene rings is 2. The SMILES string of the molecule is CCOc1ccc([C@@H]2NC(=O)NC(C)=C2C(=O)Nc2ccccc2)cc1OC. The average Bonchev–Trinajstić information content (AvgIpc) is 2.68. The summed E-state index contributed by atoms with van der Waals surface area (Å²) < 4.78 is 11.0. The van der Waals surface area contributed by atoms with E-state index in [1.54, 1.807) is 38.3 Å². The van der Waals surface area contributed by atoms with Crippen LogP contribution in [0.25, 0.3) is 0 Å². The van der Waals surface area contributed by atoms with Gasteiger partial charge in [-0.25, -0.2) is 4.79 Å². The molecule has 0 aromatic heterocycles. The number of hydrogen-bond acceptors (Lipinski definition) is 4. The van der Waals surface area contributed by atoms with E-state index in [1.165, 1.54) is 0 Å². The lowest BCUT2D eigenvalue weighted by Gasteiger charge is -2.29. The van der Waals surface area contributed by atoms with Gasteiger partial charge in [0, 0.05) is 11.4 Å². The third-order valence-corrected chi connectivity index (χ3v) is 4.37. The number of methoxy groups -OCH3 is 1. The molecule has 28 heavy (non-hydrogen) atoms. The Kier molecular flexibility index (Phi) is 5.84. The van der Waals surface area contributed by atoms with Crippen LogP contribution in [0.5, 0.6) is 11.5 Å². The number of nitrogens with one attached hydrogen (secondary N) is 3. The van der Waals surface area contributed by atoms with E-state index >= 15 is 0 Å². The maximum Gasteiger partial charge on any atom is 0.319 e. The van der Waals surface area contributed by atoms with Gasteiger partial charge in [0.1, 0.15) is 0 Å². The summed E-state index contributed by atoms with van der Waals surface area (Å²) in [5.74, 6) is 0.839. The first-order valence-electron chi connectivity index (χ1n) is 8.99. The Morgan fingerprint density at radius 3 is 2.57 bits per heavy atom. The molecule has 0 saturated heterocycles. The highest BCUT2D eigenvalue weighted by Crippen LogP contribution is 2.34. The van der Waals surface area contributed by atoms with Crippen LogP contribution in [0.15, 0.2) is 59.8 Å². The predicted octanol–water partition coefficient (Wildman–Crippen LogP) is 3.36. The molecule has 1 aliphatic rings. The highest BCUT2D eigenvalue weighted by molar-refractivity contribution is 6.06. The fourth-order valence-corrected chi connectivity index (χ4v) is 3.10. The van der Waals surface area contributed by atoms with Crippen LogP contribution in [-0.4, -0.2) is 25.7 Å². The van der Waals surface area contributed by atoms with E-state index in [0.717, 1.165) is 0 Å². The van der Waals surface area contributed by atoms with Crippen LogP contribution in [-0.2, 0) is 4.79 Å². The fraction of sp³-hybridized carbons (Fsp3) is 0.238. The van der Waals surface area contributed by atoms with E-state index in [1.807, 2.05) is 31.2 Å². The van der Waals surface area contributed by atoms with Crippen molar-refractivity contribution in [1.82, 2.24) is 10.6 Å². The molecule has 0 fully saturated rings. The topological polar surface area (TPSA) is 88.7 Å². The van der Waals surface area contributed by atoms with Crippen LogP contribution in [0.4, 0.5) is 10.5 Å². The molecule has 1 heterocycles. The predicted molar refractivity (Wildman–Crippen MR) is 106 cm³/mol. The summed E-state index contributed by atoms with van der Waals surface area (Å²) >= 11 is 0. The summed E-state index contributed by atoms with van der Waals surface area (Å²) in [4.78, 5) is 25.0. The van der Waals surface area contributed by atoms with Gasteiger partial charge in [0.2, 0.25) is 0 Å². The molecule has 0 radical (unpaired) electrons. The highest BCUT2D eigenvalue weighted by atomic mass is 16.5. The minimum atomic E-state index is -0.623. The van der Waals surface area contributed by atoms with Crippen LogP contribution in [0.2, 0.25) is 0 Å². The summed E-state index contributed by atoms with van der Waals surface area (Å²) in [6.07, 6.45) is 0. The Morgan fingerprint density at radius 1 is 1.14 bits per heavy atom. The second kappa shape index (κ2) is 8.47. The first-order valence-corrected chi connectivity index (χ1v) is 8.99. The Morgan fingerprint density at radius 2 is 1.89 bits per heavy atom. The summed E-state index contributed by atoms with van der Waals surface area (Å²) in [6, 6.07) is 13.5. The van der Waals surface area contributed by atoms with E-state index in [-0.39, 0.29) is 11.9 Å². The van der Waals surface area contributed by atoms with Crippen molar-refractivity contribution in [3.8, 4) is 11.5 Å². The Labute approximate surface area is 163 Å². The quantitative estimate of drug-likeness (QED) is 0.716. The maximum absolute atomic E-state index is 13.0. The van der Waals surface area contributed by atoms with Crippen LogP contribution in [0, 0.1) is 0 Å². The van der Waals surface area contributed by atoms with Crippen molar-refractivity contribution >= 4 is 17.6 Å². The lowest BCUT2D eigenvalue weighted by Crippen LogP contribution is -2.45. The fourth-order valence-electron chi connectivity index (χ4n) is 3.10. The van der Waals surface area contributed by atoms with Crippen molar-refractivity contribution in [2.75, 3.05) is 19.0 Å². The highest BCUT2D eigenvalue weighted by Gasteiger charge is 2.31. The minimum absolute atomic E-state index is 0.297. The number of carbonyl (C=O) groups excluding carboxylic acids is 2. The molecule has 7 heteroatoms. The van der Waals surface area contributed by atoms with Gasteiger partial charge in [-0.05, 0) is 43.7 Å². The molecule has 0 saturated carbocycles. The van der Waals surface area contributed by atoms with E-state index in [2.05, 4.69) is 16.0 Å². The van der Waals surface area contributed by atoms with Gasteiger partial charge in [-0.1, -0.05) is 24.3 Å². The van der Waals surface area contributed by atoms with Crippen molar-refractivity contribution in [2.45, 2.75) is 19.9 Å². The van der Waals surface area contributed by atoms with Gasteiger partial charge in [-0.3, -0.25) is 4.79 Å². The zero-order valence-corrected chi connectivity index (χ0v) is 16.0. The molecule has 3 N–H and O–H groups in total. The molecule has 2 aromatic rings. The van der Waals surface area contributed by atoms with Crippen LogP contribution < -0.4 is 25.4 Å². The standard InChI is InChI=1S/C21H23N3O4/c1-4-28-16-11-10-14(12-17(16)27-3)19-18(13(2)22-21(26)24-19)20(25)23-15-8-6-5-7-9-15/h5-12,19H,4H2,1-3H3,(H,23,25)(H2,22,24,26)/t19-/m0/s1. The van der Waals surface area contributed by atoms with E-state index < -0.39 is 6.04 Å². The van der Waals surface area contributed by atoms with Crippen LogP contribution >= 0.6 is 0 Å². The van der Waals surface area contributed by atoms with Gasteiger partial charge in [-0.2, -0.15) is 0 Å². The number of allylic oxidation sites excluding steroid dienone is 1. The number of para-hydroxylation sites is 1. The van der Waals surface area contributed by atoms with Gasteiger partial charge >= 0.3 is 6.03 Å². The van der Waals surface area contributed by atoms with Crippen molar-refractivity contribution < 1.29 is 19.1 Å². The number of hydrogen-bond donors (Lipinski definition) is 3. The van der Waals surface area contributed by atoms with Crippen molar-refractivity contribution in [3.05, 3.63) is 65.4 Å². The molecule has 3 amide bonds. The van der Waals surface area contributed by atoms with Gasteiger partial charge in [0.25, 0.3) is 5.91 Å². The molecular weight excluding hydrogens is 358 g/mol. The number of anilines is 1. The second-order valence-corrected chi connectivity index (χ2v) is 6.23. The second-order valence-electron chi connectivity index (χ2n) is 6.23. The zero-order chi connectivity index (χ0) is 20.1. The number of ether oxygens (including phenoxy) is 2.